The van der Waals surface area contributed by atoms with Crippen molar-refractivity contribution in [3.63, 3.8) is 0 Å². The molecular formula is C30H26F5N3OS. The first-order valence-electron chi connectivity index (χ1n) is 13.3. The summed E-state index contributed by atoms with van der Waals surface area (Å²) in [5, 5.41) is -0.709. The number of hydrogen-bond acceptors (Lipinski definition) is 5. The molecule has 0 aliphatic heterocycles. The summed E-state index contributed by atoms with van der Waals surface area (Å²) in [7, 11) is 0. The van der Waals surface area contributed by atoms with Crippen LogP contribution in [0.4, 0.5) is 22.0 Å². The van der Waals surface area contributed by atoms with Crippen molar-refractivity contribution >= 4 is 21.6 Å². The van der Waals surface area contributed by atoms with Gasteiger partial charge in [0.25, 0.3) is 0 Å². The number of benzene rings is 2. The van der Waals surface area contributed by atoms with Gasteiger partial charge in [-0.2, -0.15) is 8.78 Å². The SMILES string of the molecule is C=CC1CCC2CC(c3cnc(-c4ccc5nc(C(F)(F)Oc6cc(F)c(F)c(F)c6)sc5c4)nc3)CCC2C1. The van der Waals surface area contributed by atoms with Crippen molar-refractivity contribution in [1.82, 2.24) is 15.0 Å². The van der Waals surface area contributed by atoms with E-state index in [9.17, 15) is 22.0 Å². The van der Waals surface area contributed by atoms with Crippen molar-refractivity contribution in [3.8, 4) is 17.1 Å². The van der Waals surface area contributed by atoms with E-state index >= 15 is 0 Å². The molecule has 2 aliphatic carbocycles. The summed E-state index contributed by atoms with van der Waals surface area (Å²) in [6.45, 7) is 3.98. The third kappa shape index (κ3) is 5.21. The average molecular weight is 572 g/mol. The van der Waals surface area contributed by atoms with Gasteiger partial charge in [0, 0.05) is 30.1 Å². The number of fused-ring (bicyclic) bond motifs is 2. The van der Waals surface area contributed by atoms with Crippen molar-refractivity contribution in [3.05, 3.63) is 83.4 Å². The van der Waals surface area contributed by atoms with Crippen LogP contribution in [0.2, 0.25) is 0 Å². The number of rotatable bonds is 6. The maximum absolute atomic E-state index is 14.8. The molecule has 4 nitrogen and oxygen atoms in total. The lowest BCUT2D eigenvalue weighted by molar-refractivity contribution is -0.185. The molecule has 0 spiro atoms. The molecule has 0 amide bonds. The Balaban J connectivity index is 1.17. The second kappa shape index (κ2) is 10.5. The van der Waals surface area contributed by atoms with Crippen LogP contribution in [0.15, 0.2) is 55.4 Å². The highest BCUT2D eigenvalue weighted by Crippen LogP contribution is 2.47. The van der Waals surface area contributed by atoms with E-state index in [1.165, 1.54) is 25.7 Å². The van der Waals surface area contributed by atoms with Gasteiger partial charge in [0.2, 0.25) is 5.01 Å². The van der Waals surface area contributed by atoms with Gasteiger partial charge in [0.05, 0.1) is 10.2 Å². The Kier molecular flexibility index (Phi) is 7.06. The Morgan fingerprint density at radius 1 is 0.925 bits per heavy atom. The molecule has 2 aromatic heterocycles. The summed E-state index contributed by atoms with van der Waals surface area (Å²) >= 11 is 0.673. The Labute approximate surface area is 232 Å². The van der Waals surface area contributed by atoms with Crippen molar-refractivity contribution < 1.29 is 26.7 Å². The summed E-state index contributed by atoms with van der Waals surface area (Å²) < 4.78 is 74.6. The molecule has 40 heavy (non-hydrogen) atoms. The van der Waals surface area contributed by atoms with Crippen LogP contribution in [-0.2, 0) is 6.11 Å². The summed E-state index contributed by atoms with van der Waals surface area (Å²) in [6, 6.07) is 5.67. The number of allylic oxidation sites excluding steroid dienone is 1. The molecular weight excluding hydrogens is 545 g/mol. The van der Waals surface area contributed by atoms with Crippen LogP contribution in [0.3, 0.4) is 0 Å². The van der Waals surface area contributed by atoms with Crippen LogP contribution >= 0.6 is 11.3 Å². The summed E-state index contributed by atoms with van der Waals surface area (Å²) in [6.07, 6.45) is 9.05. The zero-order valence-electron chi connectivity index (χ0n) is 21.4. The van der Waals surface area contributed by atoms with E-state index in [4.69, 9.17) is 0 Å². The number of aromatic nitrogens is 3. The highest BCUT2D eigenvalue weighted by atomic mass is 32.1. The maximum atomic E-state index is 14.8. The lowest BCUT2D eigenvalue weighted by Crippen LogP contribution is -2.30. The Hall–Kier alpha value is -3.40. The summed E-state index contributed by atoms with van der Waals surface area (Å²) in [4.78, 5) is 13.1. The zero-order chi connectivity index (χ0) is 28.0. The van der Waals surface area contributed by atoms with Crippen LogP contribution in [0.5, 0.6) is 5.75 Å². The molecule has 208 valence electrons. The summed E-state index contributed by atoms with van der Waals surface area (Å²) in [5.74, 6) is -2.81. The van der Waals surface area contributed by atoms with E-state index in [2.05, 4.69) is 32.3 Å². The number of alkyl halides is 2. The Morgan fingerprint density at radius 3 is 2.35 bits per heavy atom. The van der Waals surface area contributed by atoms with Crippen molar-refractivity contribution in [2.45, 2.75) is 50.6 Å². The quantitative estimate of drug-likeness (QED) is 0.132. The molecule has 0 N–H and O–H groups in total. The van der Waals surface area contributed by atoms with Crippen molar-refractivity contribution in [2.75, 3.05) is 0 Å². The molecule has 2 aromatic carbocycles. The molecule has 4 atom stereocenters. The molecule has 2 aliphatic rings. The van der Waals surface area contributed by atoms with Gasteiger partial charge in [-0.1, -0.05) is 6.08 Å². The highest BCUT2D eigenvalue weighted by Gasteiger charge is 2.39. The number of thiazole rings is 1. The molecule has 2 saturated carbocycles. The van der Waals surface area contributed by atoms with Crippen LogP contribution in [0.25, 0.3) is 21.6 Å². The molecule has 6 rings (SSSR count). The highest BCUT2D eigenvalue weighted by molar-refractivity contribution is 7.18. The van der Waals surface area contributed by atoms with Crippen LogP contribution in [-0.4, -0.2) is 15.0 Å². The van der Waals surface area contributed by atoms with Crippen LogP contribution < -0.4 is 4.74 Å². The van der Waals surface area contributed by atoms with Gasteiger partial charge in [-0.05, 0) is 86.0 Å². The first-order valence-corrected chi connectivity index (χ1v) is 14.1. The first kappa shape index (κ1) is 26.8. The van der Waals surface area contributed by atoms with E-state index in [1.807, 2.05) is 12.4 Å². The van der Waals surface area contributed by atoms with Gasteiger partial charge in [0.15, 0.2) is 23.3 Å². The molecule has 0 radical (unpaired) electrons. The predicted octanol–water partition coefficient (Wildman–Crippen LogP) is 8.78. The molecule has 4 aromatic rings. The first-order chi connectivity index (χ1) is 19.2. The van der Waals surface area contributed by atoms with Gasteiger partial charge in [-0.3, -0.25) is 0 Å². The monoisotopic (exact) mass is 571 g/mol. The van der Waals surface area contributed by atoms with E-state index in [0.29, 0.717) is 56.9 Å². The number of ether oxygens (including phenoxy) is 1. The predicted molar refractivity (Wildman–Crippen MR) is 143 cm³/mol. The topological polar surface area (TPSA) is 47.9 Å². The van der Waals surface area contributed by atoms with Crippen LogP contribution in [0, 0.1) is 35.2 Å². The fraction of sp³-hybridized carbons (Fsp3) is 0.367. The Bertz CT molecular complexity index is 1530. The van der Waals surface area contributed by atoms with Crippen molar-refractivity contribution in [1.29, 1.82) is 0 Å². The lowest BCUT2D eigenvalue weighted by Gasteiger charge is -2.41. The second-order valence-corrected chi connectivity index (χ2v) is 11.7. The summed E-state index contributed by atoms with van der Waals surface area (Å²) in [5.41, 5.74) is 2.07. The van der Waals surface area contributed by atoms with Gasteiger partial charge in [-0.25, -0.2) is 28.1 Å². The van der Waals surface area contributed by atoms with Gasteiger partial charge < -0.3 is 4.74 Å². The third-order valence-electron chi connectivity index (χ3n) is 8.23. The smallest absolute Gasteiger partial charge is 0.427 e. The van der Waals surface area contributed by atoms with Crippen LogP contribution in [0.1, 0.15) is 55.0 Å². The fourth-order valence-electron chi connectivity index (χ4n) is 6.11. The molecule has 0 bridgehead atoms. The third-order valence-corrected chi connectivity index (χ3v) is 9.30. The minimum atomic E-state index is -4.00. The molecule has 4 unspecified atom stereocenters. The second-order valence-electron chi connectivity index (χ2n) is 10.7. The lowest BCUT2D eigenvalue weighted by atomic mass is 9.64. The van der Waals surface area contributed by atoms with E-state index < -0.39 is 34.3 Å². The van der Waals surface area contributed by atoms with Gasteiger partial charge in [-0.15, -0.1) is 17.9 Å². The largest absolute Gasteiger partial charge is 0.454 e. The standard InChI is InChI=1S/C30H26F5N3OS/c1-2-16-3-4-18-10-19(6-5-17(18)9-16)21-14-36-28(37-15-21)20-7-8-25-26(11-20)40-29(38-25)30(34,35)39-22-12-23(31)27(33)24(32)13-22/h2,7-8,11-19H,1,3-6,9-10H2. The normalized spacial score (nSPS) is 23.1. The fourth-order valence-corrected chi connectivity index (χ4v) is 7.03. The molecule has 0 saturated heterocycles. The van der Waals surface area contributed by atoms with E-state index in [1.54, 1.807) is 18.2 Å². The number of halogens is 5. The van der Waals surface area contributed by atoms with Gasteiger partial charge in [0.1, 0.15) is 5.75 Å². The van der Waals surface area contributed by atoms with Gasteiger partial charge >= 0.3 is 6.11 Å². The van der Waals surface area contributed by atoms with E-state index in [-0.39, 0.29) is 0 Å². The minimum Gasteiger partial charge on any atom is -0.427 e. The van der Waals surface area contributed by atoms with E-state index in [0.717, 1.165) is 30.2 Å². The molecule has 2 fully saturated rings. The average Bonchev–Trinajstić information content (AvgIpc) is 3.40. The maximum Gasteiger partial charge on any atom is 0.454 e. The molecule has 10 heteroatoms. The minimum absolute atomic E-state index is 0.294. The van der Waals surface area contributed by atoms with Crippen molar-refractivity contribution in [2.24, 2.45) is 17.8 Å². The zero-order valence-corrected chi connectivity index (χ0v) is 22.2. The number of hydrogen-bond donors (Lipinski definition) is 0. The number of nitrogens with zero attached hydrogens (tertiary/aromatic N) is 3. The Morgan fingerprint density at radius 2 is 1.62 bits per heavy atom. The molecule has 2 heterocycles.